The Hall–Kier alpha value is -1.69. The van der Waals surface area contributed by atoms with Crippen LogP contribution in [0.25, 0.3) is 0 Å². The molecule has 0 aliphatic rings. The number of ketones is 1. The molecular formula is C37H72N4O6S. The van der Waals surface area contributed by atoms with Gasteiger partial charge < -0.3 is 31.6 Å². The number of esters is 2. The van der Waals surface area contributed by atoms with Crippen LogP contribution in [0.3, 0.4) is 0 Å². The van der Waals surface area contributed by atoms with E-state index in [1.165, 1.54) is 102 Å². The molecule has 0 aromatic rings. The van der Waals surface area contributed by atoms with Gasteiger partial charge in [0.1, 0.15) is 6.61 Å². The fourth-order valence-electron chi connectivity index (χ4n) is 5.45. The minimum Gasteiger partial charge on any atom is -0.469 e. The van der Waals surface area contributed by atoms with Crippen molar-refractivity contribution in [3.63, 3.8) is 0 Å². The molecule has 0 saturated heterocycles. The van der Waals surface area contributed by atoms with Gasteiger partial charge in [0, 0.05) is 37.3 Å². The topological polar surface area (TPSA) is 163 Å². The van der Waals surface area contributed by atoms with Crippen LogP contribution in [0.1, 0.15) is 148 Å². The maximum atomic E-state index is 12.7. The van der Waals surface area contributed by atoms with E-state index in [9.17, 15) is 19.2 Å². The molecule has 0 aliphatic carbocycles. The highest BCUT2D eigenvalue weighted by molar-refractivity contribution is 7.99. The molecule has 0 spiro atoms. The molecule has 282 valence electrons. The molecular weight excluding hydrogens is 628 g/mol. The molecule has 0 heterocycles. The minimum atomic E-state index is -0.744. The number of nitrogens with one attached hydrogen (secondary N) is 2. The van der Waals surface area contributed by atoms with E-state index in [1.807, 2.05) is 0 Å². The van der Waals surface area contributed by atoms with Crippen LogP contribution in [0, 0.1) is 5.92 Å². The number of carbonyl (C=O) groups excluding carboxylic acids is 4. The summed E-state index contributed by atoms with van der Waals surface area (Å²) in [7, 11) is 1.28. The molecule has 10 nitrogen and oxygen atoms in total. The smallest absolute Gasteiger partial charge is 0.309 e. The van der Waals surface area contributed by atoms with E-state index in [2.05, 4.69) is 17.6 Å². The number of hydrogen-bond donors (Lipinski definition) is 4. The quantitative estimate of drug-likeness (QED) is 0.0436. The van der Waals surface area contributed by atoms with Gasteiger partial charge in [-0.25, -0.2) is 0 Å². The normalized spacial score (nSPS) is 12.4. The number of rotatable bonds is 36. The monoisotopic (exact) mass is 701 g/mol. The Labute approximate surface area is 297 Å². The van der Waals surface area contributed by atoms with Crippen molar-refractivity contribution in [2.75, 3.05) is 51.4 Å². The summed E-state index contributed by atoms with van der Waals surface area (Å²) in [6.45, 7) is 5.68. The van der Waals surface area contributed by atoms with Crippen LogP contribution in [0.15, 0.2) is 0 Å². The van der Waals surface area contributed by atoms with Gasteiger partial charge in [-0.15, -0.1) is 0 Å². The van der Waals surface area contributed by atoms with Gasteiger partial charge in [-0.1, -0.05) is 96.8 Å². The number of methoxy groups -OCH3 is 1. The van der Waals surface area contributed by atoms with Gasteiger partial charge in [0.15, 0.2) is 5.78 Å². The largest absolute Gasteiger partial charge is 0.469 e. The molecule has 6 N–H and O–H groups in total. The molecule has 0 fully saturated rings. The average Bonchev–Trinajstić information content (AvgIpc) is 3.08. The maximum absolute atomic E-state index is 12.7. The summed E-state index contributed by atoms with van der Waals surface area (Å²) in [5.41, 5.74) is 11.6. The number of hydrogen-bond acceptors (Lipinski definition) is 10. The predicted molar refractivity (Wildman–Crippen MR) is 199 cm³/mol. The average molecular weight is 701 g/mol. The first-order chi connectivity index (χ1) is 23.3. The Bertz CT molecular complexity index is 804. The molecule has 0 aliphatic heterocycles. The first-order valence-electron chi connectivity index (χ1n) is 19.1. The number of unbranched alkanes of at least 4 members (excludes halogenated alkanes) is 15. The van der Waals surface area contributed by atoms with E-state index in [1.54, 1.807) is 0 Å². The van der Waals surface area contributed by atoms with E-state index >= 15 is 0 Å². The molecule has 0 unspecified atom stereocenters. The zero-order chi connectivity index (χ0) is 35.5. The number of amides is 1. The lowest BCUT2D eigenvalue weighted by Crippen LogP contribution is -2.36. The Balaban J connectivity index is 3.93. The highest BCUT2D eigenvalue weighted by Crippen LogP contribution is 2.17. The summed E-state index contributed by atoms with van der Waals surface area (Å²) >= 11 is 1.45. The summed E-state index contributed by atoms with van der Waals surface area (Å²) < 4.78 is 10.2. The van der Waals surface area contributed by atoms with Gasteiger partial charge in [-0.05, 0) is 51.7 Å². The second-order valence-corrected chi connectivity index (χ2v) is 14.1. The van der Waals surface area contributed by atoms with Crippen molar-refractivity contribution in [3.8, 4) is 0 Å². The Morgan fingerprint density at radius 3 is 1.94 bits per heavy atom. The zero-order valence-electron chi connectivity index (χ0n) is 30.7. The molecule has 0 radical (unpaired) electrons. The highest BCUT2D eigenvalue weighted by Gasteiger charge is 2.26. The number of carbonyl (C=O) groups is 4. The summed E-state index contributed by atoms with van der Waals surface area (Å²) in [5, 5.41) is 6.30. The Morgan fingerprint density at radius 2 is 1.31 bits per heavy atom. The second-order valence-electron chi connectivity index (χ2n) is 13.0. The van der Waals surface area contributed by atoms with Gasteiger partial charge in [-0.2, -0.15) is 11.8 Å². The Morgan fingerprint density at radius 1 is 0.729 bits per heavy atom. The van der Waals surface area contributed by atoms with Crippen molar-refractivity contribution in [3.05, 3.63) is 0 Å². The lowest BCUT2D eigenvalue weighted by molar-refractivity contribution is -0.147. The predicted octanol–water partition coefficient (Wildman–Crippen LogP) is 6.22. The number of ether oxygens (including phenoxy) is 2. The number of Topliss-reactive ketones (excluding diaryl/α,β-unsaturated/α-hetero) is 1. The molecule has 2 atom stereocenters. The second kappa shape index (κ2) is 35.1. The van der Waals surface area contributed by atoms with Gasteiger partial charge >= 0.3 is 11.9 Å². The third kappa shape index (κ3) is 30.4. The maximum Gasteiger partial charge on any atom is 0.309 e. The fourth-order valence-corrected chi connectivity index (χ4v) is 6.26. The third-order valence-corrected chi connectivity index (χ3v) is 9.60. The SMILES string of the molecule is CCCCCCCCCCCCCC(=O)OCCSC[C@H](N)C(=O)C[C@@H](CCC(=O)NCCCNCCCCCCCCN)C(=O)OC. The lowest BCUT2D eigenvalue weighted by atomic mass is 9.94. The first kappa shape index (κ1) is 46.3. The molecule has 0 bridgehead atoms. The van der Waals surface area contributed by atoms with Crippen LogP contribution in [0.2, 0.25) is 0 Å². The van der Waals surface area contributed by atoms with Gasteiger partial charge in [0.2, 0.25) is 5.91 Å². The minimum absolute atomic E-state index is 0.0629. The Kier molecular flexibility index (Phi) is 33.9. The van der Waals surface area contributed by atoms with Crippen molar-refractivity contribution in [2.24, 2.45) is 17.4 Å². The van der Waals surface area contributed by atoms with Crippen LogP contribution in [0.4, 0.5) is 0 Å². The molecule has 48 heavy (non-hydrogen) atoms. The van der Waals surface area contributed by atoms with Crippen molar-refractivity contribution < 1.29 is 28.7 Å². The van der Waals surface area contributed by atoms with Gasteiger partial charge in [0.05, 0.1) is 19.1 Å². The van der Waals surface area contributed by atoms with E-state index in [-0.39, 0.29) is 43.5 Å². The molecule has 11 heteroatoms. The molecule has 0 rings (SSSR count). The van der Waals surface area contributed by atoms with E-state index in [0.29, 0.717) is 24.5 Å². The lowest BCUT2D eigenvalue weighted by Gasteiger charge is -2.16. The summed E-state index contributed by atoms with van der Waals surface area (Å²) in [6.07, 6.45) is 22.4. The van der Waals surface area contributed by atoms with E-state index in [4.69, 9.17) is 20.9 Å². The molecule has 1 amide bonds. The van der Waals surface area contributed by atoms with Crippen LogP contribution in [-0.4, -0.2) is 81.1 Å². The van der Waals surface area contributed by atoms with Crippen molar-refractivity contribution in [1.82, 2.24) is 10.6 Å². The standard InChI is InChI=1S/C37H72N4O6S/c1-3-4-5-6-7-8-9-10-11-14-17-21-36(44)47-28-29-48-31-33(39)34(42)30-32(37(45)46-2)22-23-35(43)41-27-20-26-40-25-19-16-13-12-15-18-24-38/h32-33,40H,3-31,38-39H2,1-2H3,(H,41,43)/t32-,33+/m1/s1. The molecule has 0 saturated carbocycles. The van der Waals surface area contributed by atoms with Gasteiger partial charge in [0.25, 0.3) is 0 Å². The zero-order valence-corrected chi connectivity index (χ0v) is 31.5. The fraction of sp³-hybridized carbons (Fsp3) is 0.892. The van der Waals surface area contributed by atoms with Crippen molar-refractivity contribution in [2.45, 2.75) is 154 Å². The summed E-state index contributed by atoms with van der Waals surface area (Å²) in [6, 6.07) is -0.744. The van der Waals surface area contributed by atoms with Crippen LogP contribution in [-0.2, 0) is 28.7 Å². The first-order valence-corrected chi connectivity index (χ1v) is 20.3. The number of thioether (sulfide) groups is 1. The molecule has 0 aromatic heterocycles. The molecule has 0 aromatic carbocycles. The summed E-state index contributed by atoms with van der Waals surface area (Å²) in [4.78, 5) is 49.4. The van der Waals surface area contributed by atoms with E-state index < -0.39 is 17.9 Å². The van der Waals surface area contributed by atoms with Crippen LogP contribution < -0.4 is 22.1 Å². The van der Waals surface area contributed by atoms with Crippen molar-refractivity contribution >= 4 is 35.4 Å². The highest BCUT2D eigenvalue weighted by atomic mass is 32.2. The van der Waals surface area contributed by atoms with E-state index in [0.717, 1.165) is 51.7 Å². The van der Waals surface area contributed by atoms with Crippen LogP contribution in [0.5, 0.6) is 0 Å². The van der Waals surface area contributed by atoms with Crippen molar-refractivity contribution in [1.29, 1.82) is 0 Å². The van der Waals surface area contributed by atoms with Gasteiger partial charge in [-0.3, -0.25) is 19.2 Å². The third-order valence-electron chi connectivity index (χ3n) is 8.55. The van der Waals surface area contributed by atoms with Crippen LogP contribution >= 0.6 is 11.8 Å². The summed E-state index contributed by atoms with van der Waals surface area (Å²) in [5.74, 6) is -0.866. The number of nitrogens with two attached hydrogens (primary N) is 2.